The molecule has 1 aliphatic rings. The number of hydrogen-bond acceptors (Lipinski definition) is 5. The van der Waals surface area contributed by atoms with Gasteiger partial charge >= 0.3 is 0 Å². The minimum atomic E-state index is -0.842. The Balaban J connectivity index is 1.88. The Hall–Kier alpha value is -2.90. The van der Waals surface area contributed by atoms with Crippen LogP contribution in [-0.4, -0.2) is 48.1 Å². The molecule has 7 heteroatoms. The average Bonchev–Trinajstić information content (AvgIpc) is 2.71. The van der Waals surface area contributed by atoms with Crippen LogP contribution in [0.5, 0.6) is 5.75 Å². The standard InChI is InChI=1S/C21H25N3O4/c1-14-12-24(10-11-25)21(27)16-8-5-9-17(19(16)28-13-14)23-20(26)18(22)15-6-3-2-4-7-15/h2-9,14,18,25H,10-13,22H2,1H3,(H,23,26)/t14-,18?/m1/s1. The summed E-state index contributed by atoms with van der Waals surface area (Å²) < 4.78 is 5.89. The number of rotatable bonds is 5. The number of amides is 2. The first-order valence-corrected chi connectivity index (χ1v) is 9.28. The number of fused-ring (bicyclic) bond motifs is 1. The molecule has 7 nitrogen and oxygen atoms in total. The van der Waals surface area contributed by atoms with Crippen molar-refractivity contribution in [3.05, 3.63) is 59.7 Å². The average molecular weight is 383 g/mol. The summed E-state index contributed by atoms with van der Waals surface area (Å²) in [5.41, 5.74) is 7.52. The number of carbonyl (C=O) groups excluding carboxylic acids is 2. The molecule has 0 aliphatic carbocycles. The second-order valence-electron chi connectivity index (χ2n) is 6.95. The fourth-order valence-corrected chi connectivity index (χ4v) is 3.20. The Morgan fingerprint density at radius 1 is 1.29 bits per heavy atom. The van der Waals surface area contributed by atoms with Gasteiger partial charge in [-0.25, -0.2) is 0 Å². The molecule has 2 aromatic carbocycles. The number of ether oxygens (including phenoxy) is 1. The Kier molecular flexibility index (Phi) is 6.28. The Labute approximate surface area is 164 Å². The van der Waals surface area contributed by atoms with E-state index in [0.29, 0.717) is 35.7 Å². The van der Waals surface area contributed by atoms with Gasteiger partial charge in [0.2, 0.25) is 5.91 Å². The van der Waals surface area contributed by atoms with E-state index in [0.717, 1.165) is 0 Å². The smallest absolute Gasteiger partial charge is 0.257 e. The molecule has 2 amide bonds. The maximum absolute atomic E-state index is 12.9. The molecule has 3 rings (SSSR count). The van der Waals surface area contributed by atoms with Crippen LogP contribution in [0.2, 0.25) is 0 Å². The molecule has 1 heterocycles. The molecule has 1 unspecified atom stereocenters. The van der Waals surface area contributed by atoms with Crippen molar-refractivity contribution in [3.63, 3.8) is 0 Å². The number of carbonyl (C=O) groups is 2. The minimum Gasteiger partial charge on any atom is -0.490 e. The summed E-state index contributed by atoms with van der Waals surface area (Å²) in [6, 6.07) is 13.3. The third-order valence-electron chi connectivity index (χ3n) is 4.65. The molecule has 4 N–H and O–H groups in total. The normalized spacial score (nSPS) is 17.8. The number of aliphatic hydroxyl groups excluding tert-OH is 1. The van der Waals surface area contributed by atoms with E-state index in [9.17, 15) is 14.7 Å². The molecule has 0 saturated carbocycles. The fourth-order valence-electron chi connectivity index (χ4n) is 3.20. The number of nitrogens with two attached hydrogens (primary N) is 1. The number of benzene rings is 2. The molecule has 0 aromatic heterocycles. The third-order valence-corrected chi connectivity index (χ3v) is 4.65. The van der Waals surface area contributed by atoms with Crippen molar-refractivity contribution in [2.24, 2.45) is 11.7 Å². The highest BCUT2D eigenvalue weighted by atomic mass is 16.5. The highest BCUT2D eigenvalue weighted by Gasteiger charge is 2.27. The van der Waals surface area contributed by atoms with Gasteiger partial charge in [-0.1, -0.05) is 43.3 Å². The van der Waals surface area contributed by atoms with Crippen LogP contribution in [0.3, 0.4) is 0 Å². The summed E-state index contributed by atoms with van der Waals surface area (Å²) in [6.07, 6.45) is 0. The largest absolute Gasteiger partial charge is 0.490 e. The SMILES string of the molecule is C[C@H]1COc2c(NC(=O)C(N)c3ccccc3)cccc2C(=O)N(CCO)C1. The van der Waals surface area contributed by atoms with Gasteiger partial charge in [-0.05, 0) is 17.7 Å². The summed E-state index contributed by atoms with van der Waals surface area (Å²) in [7, 11) is 0. The van der Waals surface area contributed by atoms with E-state index in [4.69, 9.17) is 10.5 Å². The number of hydrogen-bond donors (Lipinski definition) is 3. The van der Waals surface area contributed by atoms with Crippen molar-refractivity contribution < 1.29 is 19.4 Å². The molecule has 0 saturated heterocycles. The van der Waals surface area contributed by atoms with Gasteiger partial charge in [0.15, 0.2) is 5.75 Å². The molecule has 0 spiro atoms. The maximum atomic E-state index is 12.9. The zero-order valence-corrected chi connectivity index (χ0v) is 15.8. The Morgan fingerprint density at radius 2 is 2.04 bits per heavy atom. The van der Waals surface area contributed by atoms with Crippen molar-refractivity contribution >= 4 is 17.5 Å². The first kappa shape index (κ1) is 19.9. The summed E-state index contributed by atoms with van der Waals surface area (Å²) >= 11 is 0. The predicted molar refractivity (Wildman–Crippen MR) is 106 cm³/mol. The summed E-state index contributed by atoms with van der Waals surface area (Å²) in [5.74, 6) is -0.216. The van der Waals surface area contributed by atoms with E-state index in [1.54, 1.807) is 35.2 Å². The van der Waals surface area contributed by atoms with Gasteiger partial charge in [0.25, 0.3) is 5.91 Å². The lowest BCUT2D eigenvalue weighted by atomic mass is 10.1. The molecule has 1 aliphatic heterocycles. The second-order valence-corrected chi connectivity index (χ2v) is 6.95. The monoisotopic (exact) mass is 383 g/mol. The first-order chi connectivity index (χ1) is 13.5. The van der Waals surface area contributed by atoms with Gasteiger partial charge in [-0.3, -0.25) is 9.59 Å². The molecule has 28 heavy (non-hydrogen) atoms. The lowest BCUT2D eigenvalue weighted by Crippen LogP contribution is -2.40. The molecule has 0 fully saturated rings. The summed E-state index contributed by atoms with van der Waals surface area (Å²) in [4.78, 5) is 27.2. The number of nitrogens with zero attached hydrogens (tertiary/aromatic N) is 1. The summed E-state index contributed by atoms with van der Waals surface area (Å²) in [5, 5.41) is 12.1. The van der Waals surface area contributed by atoms with Gasteiger partial charge < -0.3 is 25.8 Å². The fraction of sp³-hybridized carbons (Fsp3) is 0.333. The van der Waals surface area contributed by atoms with Crippen molar-refractivity contribution in [1.82, 2.24) is 4.90 Å². The van der Waals surface area contributed by atoms with E-state index < -0.39 is 11.9 Å². The van der Waals surface area contributed by atoms with E-state index >= 15 is 0 Å². The highest BCUT2D eigenvalue weighted by molar-refractivity contribution is 6.02. The lowest BCUT2D eigenvalue weighted by Gasteiger charge is -2.30. The summed E-state index contributed by atoms with van der Waals surface area (Å²) in [6.45, 7) is 2.98. The molecular formula is C21H25N3O4. The number of nitrogens with one attached hydrogen (secondary N) is 1. The maximum Gasteiger partial charge on any atom is 0.257 e. The van der Waals surface area contributed by atoms with Crippen LogP contribution in [0.1, 0.15) is 28.9 Å². The van der Waals surface area contributed by atoms with E-state index in [2.05, 4.69) is 5.32 Å². The quantitative estimate of drug-likeness (QED) is 0.730. The molecule has 148 valence electrons. The Morgan fingerprint density at radius 3 is 2.75 bits per heavy atom. The third kappa shape index (κ3) is 4.32. The van der Waals surface area contributed by atoms with Crippen molar-refractivity contribution in [2.75, 3.05) is 31.6 Å². The predicted octanol–water partition coefficient (Wildman–Crippen LogP) is 1.79. The van der Waals surface area contributed by atoms with Crippen LogP contribution >= 0.6 is 0 Å². The van der Waals surface area contributed by atoms with Crippen LogP contribution in [0.4, 0.5) is 5.69 Å². The molecule has 2 atom stereocenters. The van der Waals surface area contributed by atoms with E-state index in [-0.39, 0.29) is 25.0 Å². The van der Waals surface area contributed by atoms with Crippen LogP contribution in [-0.2, 0) is 4.79 Å². The van der Waals surface area contributed by atoms with Gasteiger partial charge in [-0.2, -0.15) is 0 Å². The highest BCUT2D eigenvalue weighted by Crippen LogP contribution is 2.32. The Bertz CT molecular complexity index is 841. The van der Waals surface area contributed by atoms with E-state index in [1.165, 1.54) is 0 Å². The number of anilines is 1. The topological polar surface area (TPSA) is 105 Å². The second kappa shape index (κ2) is 8.86. The van der Waals surface area contributed by atoms with Gasteiger partial charge in [-0.15, -0.1) is 0 Å². The van der Waals surface area contributed by atoms with Gasteiger partial charge in [0.05, 0.1) is 24.5 Å². The van der Waals surface area contributed by atoms with Crippen LogP contribution < -0.4 is 15.8 Å². The van der Waals surface area contributed by atoms with Crippen molar-refractivity contribution in [1.29, 1.82) is 0 Å². The molecule has 0 bridgehead atoms. The van der Waals surface area contributed by atoms with Crippen LogP contribution in [0, 0.1) is 5.92 Å². The van der Waals surface area contributed by atoms with Crippen molar-refractivity contribution in [3.8, 4) is 5.75 Å². The first-order valence-electron chi connectivity index (χ1n) is 9.28. The minimum absolute atomic E-state index is 0.0824. The molecule has 2 aromatic rings. The zero-order valence-electron chi connectivity index (χ0n) is 15.8. The number of para-hydroxylation sites is 1. The van der Waals surface area contributed by atoms with E-state index in [1.807, 2.05) is 25.1 Å². The van der Waals surface area contributed by atoms with Gasteiger partial charge in [0.1, 0.15) is 6.04 Å². The van der Waals surface area contributed by atoms with Crippen molar-refractivity contribution in [2.45, 2.75) is 13.0 Å². The number of β-amino-alcohol motifs (C(OH)–C–C–N with tert-alkyl or cyclic N) is 1. The van der Waals surface area contributed by atoms with Crippen LogP contribution in [0.25, 0.3) is 0 Å². The number of aliphatic hydroxyl groups is 1. The molecular weight excluding hydrogens is 358 g/mol. The molecule has 0 radical (unpaired) electrons. The zero-order chi connectivity index (χ0) is 20.1. The van der Waals surface area contributed by atoms with Gasteiger partial charge in [0, 0.05) is 19.0 Å². The lowest BCUT2D eigenvalue weighted by molar-refractivity contribution is -0.117. The van der Waals surface area contributed by atoms with Crippen LogP contribution in [0.15, 0.2) is 48.5 Å².